The van der Waals surface area contributed by atoms with E-state index < -0.39 is 0 Å². The number of piperidine rings is 1. The monoisotopic (exact) mass is 267 g/mol. The first kappa shape index (κ1) is 15.3. The molecule has 19 heavy (non-hydrogen) atoms. The van der Waals surface area contributed by atoms with Crippen molar-refractivity contribution in [1.82, 2.24) is 9.80 Å². The van der Waals surface area contributed by atoms with E-state index >= 15 is 0 Å². The van der Waals surface area contributed by atoms with Gasteiger partial charge in [0.15, 0.2) is 0 Å². The molecule has 3 nitrogen and oxygen atoms in total. The quantitative estimate of drug-likeness (QED) is 0.850. The van der Waals surface area contributed by atoms with Crippen LogP contribution < -0.4 is 5.73 Å². The van der Waals surface area contributed by atoms with Crippen molar-refractivity contribution >= 4 is 0 Å². The van der Waals surface area contributed by atoms with Gasteiger partial charge in [-0.2, -0.15) is 0 Å². The Kier molecular flexibility index (Phi) is 4.91. The second-order valence-electron chi connectivity index (χ2n) is 7.64. The summed E-state index contributed by atoms with van der Waals surface area (Å²) in [6.07, 6.45) is 6.60. The average molecular weight is 267 g/mol. The molecule has 2 N–H and O–H groups in total. The number of hydrogen-bond acceptors (Lipinski definition) is 3. The standard InChI is InChI=1S/C16H33N3/c1-16(2)9-5-6-13(15(16)17)12-19(4)14-7-10-18(3)11-8-14/h13-15H,5-12,17H2,1-4H3. The lowest BCUT2D eigenvalue weighted by Gasteiger charge is -2.45. The van der Waals surface area contributed by atoms with Crippen molar-refractivity contribution in [2.75, 3.05) is 33.7 Å². The Morgan fingerprint density at radius 2 is 1.84 bits per heavy atom. The molecule has 1 aliphatic carbocycles. The Hall–Kier alpha value is -0.120. The van der Waals surface area contributed by atoms with Crippen LogP contribution in [0.25, 0.3) is 0 Å². The normalized spacial score (nSPS) is 33.8. The molecule has 2 aliphatic rings. The maximum atomic E-state index is 6.52. The minimum absolute atomic E-state index is 0.330. The molecule has 0 aromatic heterocycles. The van der Waals surface area contributed by atoms with Crippen LogP contribution in [0.3, 0.4) is 0 Å². The second-order valence-corrected chi connectivity index (χ2v) is 7.64. The first-order chi connectivity index (χ1) is 8.90. The third-order valence-corrected chi connectivity index (χ3v) is 5.64. The van der Waals surface area contributed by atoms with Gasteiger partial charge in [-0.1, -0.05) is 20.3 Å². The van der Waals surface area contributed by atoms with E-state index in [4.69, 9.17) is 5.73 Å². The van der Waals surface area contributed by atoms with Gasteiger partial charge in [0.25, 0.3) is 0 Å². The number of rotatable bonds is 3. The molecule has 0 aromatic rings. The van der Waals surface area contributed by atoms with Crippen molar-refractivity contribution in [2.24, 2.45) is 17.1 Å². The van der Waals surface area contributed by atoms with Crippen LogP contribution in [0, 0.1) is 11.3 Å². The van der Waals surface area contributed by atoms with Crippen LogP contribution in [0.2, 0.25) is 0 Å². The van der Waals surface area contributed by atoms with Gasteiger partial charge in [-0.3, -0.25) is 0 Å². The van der Waals surface area contributed by atoms with Crippen molar-refractivity contribution in [2.45, 2.75) is 58.0 Å². The highest BCUT2D eigenvalue weighted by Gasteiger charge is 2.37. The molecule has 2 unspecified atom stereocenters. The maximum Gasteiger partial charge on any atom is 0.0131 e. The Balaban J connectivity index is 1.86. The first-order valence-electron chi connectivity index (χ1n) is 8.04. The minimum Gasteiger partial charge on any atom is -0.327 e. The van der Waals surface area contributed by atoms with E-state index in [1.165, 1.54) is 51.7 Å². The van der Waals surface area contributed by atoms with Crippen molar-refractivity contribution < 1.29 is 0 Å². The van der Waals surface area contributed by atoms with E-state index in [9.17, 15) is 0 Å². The van der Waals surface area contributed by atoms with Crippen molar-refractivity contribution in [3.8, 4) is 0 Å². The zero-order valence-corrected chi connectivity index (χ0v) is 13.4. The number of likely N-dealkylation sites (tertiary alicyclic amines) is 1. The van der Waals surface area contributed by atoms with Gasteiger partial charge in [0.2, 0.25) is 0 Å². The molecule has 1 saturated heterocycles. The Labute approximate surface area is 119 Å². The summed E-state index contributed by atoms with van der Waals surface area (Å²) < 4.78 is 0. The van der Waals surface area contributed by atoms with Gasteiger partial charge >= 0.3 is 0 Å². The number of nitrogens with two attached hydrogens (primary N) is 1. The molecule has 0 amide bonds. The lowest BCUT2D eigenvalue weighted by Crippen LogP contribution is -2.52. The van der Waals surface area contributed by atoms with Crippen LogP contribution in [0.5, 0.6) is 0 Å². The van der Waals surface area contributed by atoms with Crippen LogP contribution >= 0.6 is 0 Å². The summed E-state index contributed by atoms with van der Waals surface area (Å²) in [5.74, 6) is 0.688. The smallest absolute Gasteiger partial charge is 0.0131 e. The highest BCUT2D eigenvalue weighted by molar-refractivity contribution is 4.93. The molecule has 0 bridgehead atoms. The average Bonchev–Trinajstić information content (AvgIpc) is 2.35. The third-order valence-electron chi connectivity index (χ3n) is 5.64. The van der Waals surface area contributed by atoms with E-state index in [2.05, 4.69) is 37.7 Å². The summed E-state index contributed by atoms with van der Waals surface area (Å²) in [5, 5.41) is 0. The summed E-state index contributed by atoms with van der Waals surface area (Å²) in [5.41, 5.74) is 6.85. The van der Waals surface area contributed by atoms with Gasteiger partial charge in [0, 0.05) is 18.6 Å². The SMILES string of the molecule is CN1CCC(N(C)CC2CCCC(C)(C)C2N)CC1. The Morgan fingerprint density at radius 3 is 2.47 bits per heavy atom. The summed E-state index contributed by atoms with van der Waals surface area (Å²) in [6, 6.07) is 1.14. The summed E-state index contributed by atoms with van der Waals surface area (Å²) in [6.45, 7) is 8.38. The predicted octanol–water partition coefficient (Wildman–Crippen LogP) is 2.17. The minimum atomic E-state index is 0.330. The topological polar surface area (TPSA) is 32.5 Å². The molecule has 1 aliphatic heterocycles. The van der Waals surface area contributed by atoms with Crippen LogP contribution in [-0.4, -0.2) is 55.6 Å². The molecular formula is C16H33N3. The molecule has 3 heteroatoms. The predicted molar refractivity (Wildman–Crippen MR) is 82.2 cm³/mol. The second kappa shape index (κ2) is 6.11. The van der Waals surface area contributed by atoms with Gasteiger partial charge in [0.1, 0.15) is 0 Å². The van der Waals surface area contributed by atoms with Crippen molar-refractivity contribution in [3.63, 3.8) is 0 Å². The van der Waals surface area contributed by atoms with Crippen molar-refractivity contribution in [1.29, 1.82) is 0 Å². The largest absolute Gasteiger partial charge is 0.327 e. The van der Waals surface area contributed by atoms with E-state index in [1.54, 1.807) is 0 Å². The van der Waals surface area contributed by atoms with Crippen LogP contribution in [0.15, 0.2) is 0 Å². The van der Waals surface area contributed by atoms with Crippen molar-refractivity contribution in [3.05, 3.63) is 0 Å². The molecule has 1 saturated carbocycles. The molecule has 2 rings (SSSR count). The fourth-order valence-corrected chi connectivity index (χ4v) is 3.96. The van der Waals surface area contributed by atoms with Crippen LogP contribution in [0.1, 0.15) is 46.0 Å². The molecule has 2 fully saturated rings. The molecular weight excluding hydrogens is 234 g/mol. The maximum absolute atomic E-state index is 6.52. The molecule has 0 radical (unpaired) electrons. The van der Waals surface area contributed by atoms with Gasteiger partial charge < -0.3 is 15.5 Å². The highest BCUT2D eigenvalue weighted by Crippen LogP contribution is 2.38. The lowest BCUT2D eigenvalue weighted by molar-refractivity contribution is 0.0774. The zero-order valence-electron chi connectivity index (χ0n) is 13.4. The lowest BCUT2D eigenvalue weighted by atomic mass is 9.68. The summed E-state index contributed by atoms with van der Waals surface area (Å²) in [4.78, 5) is 5.04. The highest BCUT2D eigenvalue weighted by atomic mass is 15.2. The molecule has 112 valence electrons. The molecule has 1 heterocycles. The van der Waals surface area contributed by atoms with Crippen LogP contribution in [-0.2, 0) is 0 Å². The van der Waals surface area contributed by atoms with Gasteiger partial charge in [-0.25, -0.2) is 0 Å². The molecule has 0 spiro atoms. The van der Waals surface area contributed by atoms with E-state index in [0.717, 1.165) is 6.04 Å². The fraction of sp³-hybridized carbons (Fsp3) is 1.00. The Bertz CT molecular complexity index is 282. The third kappa shape index (κ3) is 3.71. The number of nitrogens with zero attached hydrogens (tertiary/aromatic N) is 2. The summed E-state index contributed by atoms with van der Waals surface area (Å²) >= 11 is 0. The fourth-order valence-electron chi connectivity index (χ4n) is 3.96. The van der Waals surface area contributed by atoms with Crippen LogP contribution in [0.4, 0.5) is 0 Å². The Morgan fingerprint density at radius 1 is 1.21 bits per heavy atom. The molecule has 0 aromatic carbocycles. The number of hydrogen-bond donors (Lipinski definition) is 1. The first-order valence-corrected chi connectivity index (χ1v) is 8.04. The van der Waals surface area contributed by atoms with Gasteiger partial charge in [0.05, 0.1) is 0 Å². The zero-order chi connectivity index (χ0) is 14.0. The molecule has 2 atom stereocenters. The van der Waals surface area contributed by atoms with E-state index in [0.29, 0.717) is 17.4 Å². The van der Waals surface area contributed by atoms with Gasteiger partial charge in [-0.05, 0) is 64.2 Å². The van der Waals surface area contributed by atoms with E-state index in [1.807, 2.05) is 0 Å². The summed E-state index contributed by atoms with van der Waals surface area (Å²) in [7, 11) is 4.54. The van der Waals surface area contributed by atoms with E-state index in [-0.39, 0.29) is 0 Å². The van der Waals surface area contributed by atoms with Gasteiger partial charge in [-0.15, -0.1) is 0 Å².